The number of benzene rings is 2. The highest BCUT2D eigenvalue weighted by Gasteiger charge is 2.30. The molecule has 24 heavy (non-hydrogen) atoms. The van der Waals surface area contributed by atoms with Gasteiger partial charge in [-0.3, -0.25) is 14.9 Å². The van der Waals surface area contributed by atoms with Gasteiger partial charge < -0.3 is 5.32 Å². The van der Waals surface area contributed by atoms with E-state index in [1.54, 1.807) is 0 Å². The number of carbonyl (C=O) groups is 1. The van der Waals surface area contributed by atoms with E-state index in [1.807, 2.05) is 0 Å². The SMILES string of the molecule is O=C(NCc1cccc(C(F)(F)F)c1)c1cc([N+](=O)[O-])ccc1Cl. The van der Waals surface area contributed by atoms with Crippen molar-refractivity contribution in [3.63, 3.8) is 0 Å². The third-order valence-electron chi connectivity index (χ3n) is 3.11. The molecule has 0 aliphatic heterocycles. The number of nitrogens with one attached hydrogen (secondary N) is 1. The van der Waals surface area contributed by atoms with Crippen molar-refractivity contribution < 1.29 is 22.9 Å². The molecule has 2 aromatic carbocycles. The van der Waals surface area contributed by atoms with Gasteiger partial charge in [-0.05, 0) is 23.8 Å². The molecule has 0 fully saturated rings. The first-order valence-corrected chi connectivity index (χ1v) is 6.94. The number of amides is 1. The summed E-state index contributed by atoms with van der Waals surface area (Å²) in [4.78, 5) is 22.1. The molecule has 0 spiro atoms. The zero-order valence-corrected chi connectivity index (χ0v) is 12.7. The largest absolute Gasteiger partial charge is 0.416 e. The molecule has 0 heterocycles. The number of nitro benzene ring substituents is 1. The van der Waals surface area contributed by atoms with E-state index in [-0.39, 0.29) is 28.4 Å². The average Bonchev–Trinajstić information content (AvgIpc) is 2.52. The highest BCUT2D eigenvalue weighted by atomic mass is 35.5. The number of rotatable bonds is 4. The lowest BCUT2D eigenvalue weighted by Gasteiger charge is -2.10. The monoisotopic (exact) mass is 358 g/mol. The Hall–Kier alpha value is -2.61. The summed E-state index contributed by atoms with van der Waals surface area (Å²) >= 11 is 5.83. The first-order chi connectivity index (χ1) is 11.2. The fourth-order valence-corrected chi connectivity index (χ4v) is 2.14. The van der Waals surface area contributed by atoms with Crippen molar-refractivity contribution in [2.75, 3.05) is 0 Å². The second-order valence-electron chi connectivity index (χ2n) is 4.80. The summed E-state index contributed by atoms with van der Waals surface area (Å²) in [5.74, 6) is -0.721. The lowest BCUT2D eigenvalue weighted by molar-refractivity contribution is -0.384. The van der Waals surface area contributed by atoms with Crippen molar-refractivity contribution in [2.24, 2.45) is 0 Å². The van der Waals surface area contributed by atoms with Gasteiger partial charge in [0.1, 0.15) is 0 Å². The van der Waals surface area contributed by atoms with Crippen LogP contribution in [0.3, 0.4) is 0 Å². The summed E-state index contributed by atoms with van der Waals surface area (Å²) in [6, 6.07) is 7.84. The predicted molar refractivity (Wildman–Crippen MR) is 80.7 cm³/mol. The summed E-state index contributed by atoms with van der Waals surface area (Å²) in [5, 5.41) is 13.1. The van der Waals surface area contributed by atoms with Gasteiger partial charge in [0.2, 0.25) is 0 Å². The van der Waals surface area contributed by atoms with Crippen molar-refractivity contribution in [1.29, 1.82) is 0 Å². The fraction of sp³-hybridized carbons (Fsp3) is 0.133. The summed E-state index contributed by atoms with van der Waals surface area (Å²) in [7, 11) is 0. The molecule has 5 nitrogen and oxygen atoms in total. The zero-order chi connectivity index (χ0) is 17.9. The van der Waals surface area contributed by atoms with Gasteiger partial charge >= 0.3 is 6.18 Å². The number of hydrogen-bond acceptors (Lipinski definition) is 3. The highest BCUT2D eigenvalue weighted by molar-refractivity contribution is 6.33. The second kappa shape index (κ2) is 6.88. The maximum Gasteiger partial charge on any atom is 0.416 e. The number of alkyl halides is 3. The lowest BCUT2D eigenvalue weighted by Crippen LogP contribution is -2.23. The second-order valence-corrected chi connectivity index (χ2v) is 5.21. The lowest BCUT2D eigenvalue weighted by atomic mass is 10.1. The Morgan fingerprint density at radius 3 is 2.54 bits per heavy atom. The number of halogens is 4. The molecular formula is C15H10ClF3N2O3. The quantitative estimate of drug-likeness (QED) is 0.657. The zero-order valence-electron chi connectivity index (χ0n) is 11.9. The van der Waals surface area contributed by atoms with Gasteiger partial charge in [0.05, 0.1) is 21.1 Å². The molecule has 0 radical (unpaired) electrons. The number of nitro groups is 1. The minimum absolute atomic E-state index is 0.00198. The first-order valence-electron chi connectivity index (χ1n) is 6.57. The predicted octanol–water partition coefficient (Wildman–Crippen LogP) is 4.20. The van der Waals surface area contributed by atoms with Crippen LogP contribution in [0.4, 0.5) is 18.9 Å². The molecule has 1 N–H and O–H groups in total. The van der Waals surface area contributed by atoms with E-state index in [0.29, 0.717) is 0 Å². The minimum Gasteiger partial charge on any atom is -0.348 e. The number of carbonyl (C=O) groups excluding carboxylic acids is 1. The average molecular weight is 359 g/mol. The summed E-state index contributed by atoms with van der Waals surface area (Å²) in [5.41, 5.74) is -1.04. The Labute approximate surface area is 139 Å². The van der Waals surface area contributed by atoms with Gasteiger partial charge in [-0.2, -0.15) is 13.2 Å². The molecule has 0 aliphatic carbocycles. The third-order valence-corrected chi connectivity index (χ3v) is 3.44. The molecule has 0 saturated carbocycles. The first kappa shape index (κ1) is 17.7. The molecule has 0 unspecified atom stereocenters. The molecule has 0 aliphatic rings. The molecule has 0 saturated heterocycles. The van der Waals surface area contributed by atoms with Gasteiger partial charge in [0, 0.05) is 18.7 Å². The molecule has 0 atom stereocenters. The highest BCUT2D eigenvalue weighted by Crippen LogP contribution is 2.29. The maximum atomic E-state index is 12.6. The van der Waals surface area contributed by atoms with Gasteiger partial charge in [-0.15, -0.1) is 0 Å². The molecule has 126 valence electrons. The Morgan fingerprint density at radius 1 is 1.21 bits per heavy atom. The van der Waals surface area contributed by atoms with Crippen molar-refractivity contribution in [2.45, 2.75) is 12.7 Å². The van der Waals surface area contributed by atoms with E-state index < -0.39 is 22.6 Å². The van der Waals surface area contributed by atoms with Crippen molar-refractivity contribution >= 4 is 23.2 Å². The minimum atomic E-state index is -4.48. The van der Waals surface area contributed by atoms with E-state index in [0.717, 1.165) is 24.3 Å². The van der Waals surface area contributed by atoms with Crippen LogP contribution in [-0.2, 0) is 12.7 Å². The smallest absolute Gasteiger partial charge is 0.348 e. The van der Waals surface area contributed by atoms with Crippen LogP contribution in [-0.4, -0.2) is 10.8 Å². The molecule has 0 bridgehead atoms. The molecule has 2 aromatic rings. The van der Waals surface area contributed by atoms with Crippen LogP contribution in [0.2, 0.25) is 5.02 Å². The van der Waals surface area contributed by atoms with Gasteiger partial charge in [-0.25, -0.2) is 0 Å². The third kappa shape index (κ3) is 4.23. The van der Waals surface area contributed by atoms with Gasteiger partial charge in [0.15, 0.2) is 0 Å². The van der Waals surface area contributed by atoms with Crippen molar-refractivity contribution in [3.8, 4) is 0 Å². The molecule has 0 aromatic heterocycles. The summed E-state index contributed by atoms with van der Waals surface area (Å²) in [6.07, 6.45) is -4.48. The summed E-state index contributed by atoms with van der Waals surface area (Å²) < 4.78 is 37.9. The normalized spacial score (nSPS) is 11.2. The Bertz CT molecular complexity index is 794. The fourth-order valence-electron chi connectivity index (χ4n) is 1.94. The molecular weight excluding hydrogens is 349 g/mol. The standard InChI is InChI=1S/C15H10ClF3N2O3/c16-13-5-4-11(21(23)24)7-12(13)14(22)20-8-9-2-1-3-10(6-9)15(17,18)19/h1-7H,8H2,(H,20,22). The van der Waals surface area contributed by atoms with E-state index in [2.05, 4.69) is 5.32 Å². The van der Waals surface area contributed by atoms with Crippen LogP contribution in [0.25, 0.3) is 0 Å². The van der Waals surface area contributed by atoms with E-state index in [9.17, 15) is 28.1 Å². The van der Waals surface area contributed by atoms with Crippen LogP contribution in [0.15, 0.2) is 42.5 Å². The van der Waals surface area contributed by atoms with Crippen LogP contribution >= 0.6 is 11.6 Å². The van der Waals surface area contributed by atoms with Crippen LogP contribution in [0.1, 0.15) is 21.5 Å². The van der Waals surface area contributed by atoms with E-state index >= 15 is 0 Å². The van der Waals surface area contributed by atoms with Gasteiger partial charge in [0.25, 0.3) is 11.6 Å². The molecule has 2 rings (SSSR count). The Kier molecular flexibility index (Phi) is 5.08. The Morgan fingerprint density at radius 2 is 1.92 bits per heavy atom. The van der Waals surface area contributed by atoms with Crippen molar-refractivity contribution in [1.82, 2.24) is 5.32 Å². The molecule has 1 amide bonds. The van der Waals surface area contributed by atoms with E-state index in [4.69, 9.17) is 11.6 Å². The van der Waals surface area contributed by atoms with Crippen LogP contribution in [0, 0.1) is 10.1 Å². The maximum absolute atomic E-state index is 12.6. The van der Waals surface area contributed by atoms with Crippen LogP contribution < -0.4 is 5.32 Å². The number of nitrogens with zero attached hydrogens (tertiary/aromatic N) is 1. The Balaban J connectivity index is 2.14. The number of hydrogen-bond donors (Lipinski definition) is 1. The number of non-ortho nitro benzene ring substituents is 1. The van der Waals surface area contributed by atoms with Crippen LogP contribution in [0.5, 0.6) is 0 Å². The topological polar surface area (TPSA) is 72.2 Å². The van der Waals surface area contributed by atoms with E-state index in [1.165, 1.54) is 18.2 Å². The summed E-state index contributed by atoms with van der Waals surface area (Å²) in [6.45, 7) is -0.179. The van der Waals surface area contributed by atoms with Crippen molar-refractivity contribution in [3.05, 3.63) is 74.3 Å². The van der Waals surface area contributed by atoms with Gasteiger partial charge in [-0.1, -0.05) is 23.7 Å². The molecule has 9 heteroatoms.